The number of benzene rings is 1. The zero-order valence-corrected chi connectivity index (χ0v) is 10.2. The highest BCUT2D eigenvalue weighted by Gasteiger charge is 2.21. The first-order valence-electron chi connectivity index (χ1n) is 6.34. The van der Waals surface area contributed by atoms with Gasteiger partial charge in [0.05, 0.1) is 0 Å². The highest BCUT2D eigenvalue weighted by molar-refractivity contribution is 5.96. The molecule has 0 fully saturated rings. The van der Waals surface area contributed by atoms with Crippen LogP contribution < -0.4 is 0 Å². The summed E-state index contributed by atoms with van der Waals surface area (Å²) >= 11 is 0. The average Bonchev–Trinajstić information content (AvgIpc) is 2.97. The summed E-state index contributed by atoms with van der Waals surface area (Å²) in [5, 5.41) is 0. The minimum Gasteiger partial charge on any atom is -0.361 e. The van der Waals surface area contributed by atoms with E-state index in [2.05, 4.69) is 48.3 Å². The van der Waals surface area contributed by atoms with Gasteiger partial charge in [-0.15, -0.1) is 0 Å². The number of fused-ring (bicyclic) bond motifs is 1. The number of H-pyrrole nitrogens is 1. The van der Waals surface area contributed by atoms with Crippen molar-refractivity contribution in [2.24, 2.45) is 0 Å². The highest BCUT2D eigenvalue weighted by atomic mass is 14.7. The first-order chi connectivity index (χ1) is 8.40. The molecule has 1 heterocycles. The molecule has 0 saturated carbocycles. The van der Waals surface area contributed by atoms with Crippen molar-refractivity contribution in [3.63, 3.8) is 0 Å². The zero-order chi connectivity index (χ0) is 11.7. The number of aromatic nitrogens is 1. The van der Waals surface area contributed by atoms with Gasteiger partial charge in [0.2, 0.25) is 0 Å². The van der Waals surface area contributed by atoms with Gasteiger partial charge in [-0.2, -0.15) is 0 Å². The van der Waals surface area contributed by atoms with Gasteiger partial charge < -0.3 is 4.98 Å². The lowest BCUT2D eigenvalue weighted by Crippen LogP contribution is -1.86. The van der Waals surface area contributed by atoms with Gasteiger partial charge in [-0.05, 0) is 40.8 Å². The average molecular weight is 223 g/mol. The lowest BCUT2D eigenvalue weighted by molar-refractivity contribution is 0.976. The van der Waals surface area contributed by atoms with Crippen molar-refractivity contribution >= 4 is 11.1 Å². The molecule has 0 radical (unpaired) electrons. The number of allylic oxidation sites excluding steroid dienone is 2. The molecule has 1 aromatic carbocycles. The normalized spacial score (nSPS) is 14.2. The Hall–Kier alpha value is -1.76. The molecule has 1 nitrogen and oxygen atoms in total. The van der Waals surface area contributed by atoms with Gasteiger partial charge in [0.1, 0.15) is 0 Å². The summed E-state index contributed by atoms with van der Waals surface area (Å²) < 4.78 is 0. The van der Waals surface area contributed by atoms with Gasteiger partial charge in [0, 0.05) is 18.3 Å². The van der Waals surface area contributed by atoms with Crippen LogP contribution in [0.15, 0.2) is 42.6 Å². The van der Waals surface area contributed by atoms with Gasteiger partial charge in [-0.1, -0.05) is 37.6 Å². The minimum absolute atomic E-state index is 1.08. The van der Waals surface area contributed by atoms with E-state index < -0.39 is 0 Å². The Morgan fingerprint density at radius 2 is 2.00 bits per heavy atom. The van der Waals surface area contributed by atoms with Gasteiger partial charge >= 0.3 is 0 Å². The smallest absolute Gasteiger partial charge is 0.0419 e. The van der Waals surface area contributed by atoms with Crippen molar-refractivity contribution in [3.8, 4) is 0 Å². The molecule has 0 aliphatic heterocycles. The molecule has 0 amide bonds. The summed E-state index contributed by atoms with van der Waals surface area (Å²) in [5.41, 5.74) is 7.23. The summed E-state index contributed by atoms with van der Waals surface area (Å²) in [5.74, 6) is 0. The molecule has 1 N–H and O–H groups in total. The van der Waals surface area contributed by atoms with Crippen LogP contribution in [-0.2, 0) is 6.42 Å². The van der Waals surface area contributed by atoms with Crippen molar-refractivity contribution in [3.05, 3.63) is 59.4 Å². The first kappa shape index (κ1) is 10.4. The fourth-order valence-electron chi connectivity index (χ4n) is 2.74. The highest BCUT2D eigenvalue weighted by Crippen LogP contribution is 2.39. The van der Waals surface area contributed by atoms with Crippen LogP contribution in [0, 0.1) is 0 Å². The third-order valence-electron chi connectivity index (χ3n) is 3.50. The largest absolute Gasteiger partial charge is 0.361 e. The maximum Gasteiger partial charge on any atom is 0.0419 e. The van der Waals surface area contributed by atoms with E-state index in [0.29, 0.717) is 0 Å². The van der Waals surface area contributed by atoms with E-state index in [-0.39, 0.29) is 0 Å². The molecule has 86 valence electrons. The lowest BCUT2D eigenvalue weighted by atomic mass is 10.0. The van der Waals surface area contributed by atoms with Gasteiger partial charge in [0.25, 0.3) is 0 Å². The van der Waals surface area contributed by atoms with Crippen LogP contribution in [0.3, 0.4) is 0 Å². The molecule has 1 aromatic heterocycles. The summed E-state index contributed by atoms with van der Waals surface area (Å²) in [6.07, 6.45) is 5.46. The standard InChI is InChI=1S/C16H17N/c1-2-6-14-13-8-4-3-7-12(13)11-15(14)16-9-5-10-17-16/h3-5,7-10,17H,2,6,11H2,1H3. The van der Waals surface area contributed by atoms with Crippen molar-refractivity contribution in [2.45, 2.75) is 26.2 Å². The Labute approximate surface area is 102 Å². The first-order valence-corrected chi connectivity index (χ1v) is 6.34. The monoisotopic (exact) mass is 223 g/mol. The predicted molar refractivity (Wildman–Crippen MR) is 72.7 cm³/mol. The molecule has 0 spiro atoms. The van der Waals surface area contributed by atoms with E-state index in [4.69, 9.17) is 0 Å². The number of aromatic amines is 1. The minimum atomic E-state index is 1.08. The third-order valence-corrected chi connectivity index (χ3v) is 3.50. The number of rotatable bonds is 3. The fourth-order valence-corrected chi connectivity index (χ4v) is 2.74. The Morgan fingerprint density at radius 1 is 1.12 bits per heavy atom. The van der Waals surface area contributed by atoms with E-state index in [1.165, 1.54) is 40.8 Å². The SMILES string of the molecule is CCCC1=C(c2ccc[nH]2)Cc2ccccc21. The van der Waals surface area contributed by atoms with E-state index in [1.54, 1.807) is 0 Å². The van der Waals surface area contributed by atoms with Crippen molar-refractivity contribution in [1.29, 1.82) is 0 Å². The van der Waals surface area contributed by atoms with E-state index in [0.717, 1.165) is 6.42 Å². The zero-order valence-electron chi connectivity index (χ0n) is 10.2. The second kappa shape index (κ2) is 4.25. The quantitative estimate of drug-likeness (QED) is 0.799. The second-order valence-electron chi connectivity index (χ2n) is 4.62. The molecule has 1 heteroatoms. The maximum absolute atomic E-state index is 3.34. The van der Waals surface area contributed by atoms with Crippen LogP contribution >= 0.6 is 0 Å². The van der Waals surface area contributed by atoms with E-state index in [1.807, 2.05) is 6.20 Å². The summed E-state index contributed by atoms with van der Waals surface area (Å²) in [7, 11) is 0. The Bertz CT molecular complexity index is 547. The Morgan fingerprint density at radius 3 is 2.76 bits per heavy atom. The molecule has 1 aliphatic rings. The second-order valence-corrected chi connectivity index (χ2v) is 4.62. The molecule has 17 heavy (non-hydrogen) atoms. The van der Waals surface area contributed by atoms with Crippen LogP contribution in [0.25, 0.3) is 11.1 Å². The van der Waals surface area contributed by atoms with Crippen molar-refractivity contribution < 1.29 is 0 Å². The van der Waals surface area contributed by atoms with Crippen LogP contribution in [0.5, 0.6) is 0 Å². The fraction of sp³-hybridized carbons (Fsp3) is 0.250. The van der Waals surface area contributed by atoms with Crippen molar-refractivity contribution in [1.82, 2.24) is 4.98 Å². The van der Waals surface area contributed by atoms with Gasteiger partial charge in [-0.3, -0.25) is 0 Å². The molecule has 3 rings (SSSR count). The summed E-state index contributed by atoms with van der Waals surface area (Å²) in [6.45, 7) is 2.25. The van der Waals surface area contributed by atoms with Crippen LogP contribution in [0.1, 0.15) is 36.6 Å². The number of hydrogen-bond acceptors (Lipinski definition) is 0. The van der Waals surface area contributed by atoms with Gasteiger partial charge in [0.15, 0.2) is 0 Å². The predicted octanol–water partition coefficient (Wildman–Crippen LogP) is 4.28. The topological polar surface area (TPSA) is 15.8 Å². The molecule has 0 bridgehead atoms. The molecule has 0 unspecified atom stereocenters. The van der Waals surface area contributed by atoms with Crippen molar-refractivity contribution in [2.75, 3.05) is 0 Å². The Kier molecular flexibility index (Phi) is 2.60. The maximum atomic E-state index is 3.34. The van der Waals surface area contributed by atoms with Crippen LogP contribution in [0.2, 0.25) is 0 Å². The van der Waals surface area contributed by atoms with E-state index in [9.17, 15) is 0 Å². The molecule has 1 aliphatic carbocycles. The summed E-state index contributed by atoms with van der Waals surface area (Å²) in [4.78, 5) is 3.34. The van der Waals surface area contributed by atoms with Gasteiger partial charge in [-0.25, -0.2) is 0 Å². The van der Waals surface area contributed by atoms with E-state index >= 15 is 0 Å². The molecule has 2 aromatic rings. The molecular weight excluding hydrogens is 206 g/mol. The molecule has 0 saturated heterocycles. The van der Waals surface area contributed by atoms with Crippen LogP contribution in [-0.4, -0.2) is 4.98 Å². The van der Waals surface area contributed by atoms with Crippen LogP contribution in [0.4, 0.5) is 0 Å². The molecular formula is C16H17N. The number of hydrogen-bond donors (Lipinski definition) is 1. The molecule has 0 atom stereocenters. The lowest BCUT2D eigenvalue weighted by Gasteiger charge is -2.06. The Balaban J connectivity index is 2.11. The third kappa shape index (κ3) is 1.72. The number of nitrogens with one attached hydrogen (secondary N) is 1. The summed E-state index contributed by atoms with van der Waals surface area (Å²) in [6, 6.07) is 13.1.